The summed E-state index contributed by atoms with van der Waals surface area (Å²) >= 11 is 0. The number of rotatable bonds is 9. The summed E-state index contributed by atoms with van der Waals surface area (Å²) in [7, 11) is 0. The van der Waals surface area contributed by atoms with Gasteiger partial charge < -0.3 is 13.9 Å². The van der Waals surface area contributed by atoms with E-state index in [-0.39, 0.29) is 0 Å². The molecule has 0 spiro atoms. The Bertz CT molecular complexity index is 4460. The van der Waals surface area contributed by atoms with Crippen LogP contribution in [0.4, 0.5) is 17.1 Å². The maximum absolute atomic E-state index is 6.60. The molecule has 2 atom stereocenters. The highest BCUT2D eigenvalue weighted by molar-refractivity contribution is 6.12. The number of hydrogen-bond donors (Lipinski definition) is 0. The van der Waals surface area contributed by atoms with E-state index < -0.39 is 5.41 Å². The molecule has 77 heavy (non-hydrogen) atoms. The quantitative estimate of drug-likeness (QED) is 0.144. The van der Waals surface area contributed by atoms with Crippen molar-refractivity contribution >= 4 is 66.5 Å². The van der Waals surface area contributed by atoms with E-state index in [1.807, 2.05) is 6.07 Å². The van der Waals surface area contributed by atoms with E-state index in [0.717, 1.165) is 56.5 Å². The summed E-state index contributed by atoms with van der Waals surface area (Å²) in [6, 6.07) is 96.2. The van der Waals surface area contributed by atoms with Crippen LogP contribution in [0.15, 0.2) is 283 Å². The van der Waals surface area contributed by atoms with E-state index in [0.29, 0.717) is 5.92 Å². The van der Waals surface area contributed by atoms with Gasteiger partial charge in [0.1, 0.15) is 11.2 Å². The van der Waals surface area contributed by atoms with Crippen molar-refractivity contribution in [3.8, 4) is 44.5 Å². The molecule has 0 bridgehead atoms. The zero-order valence-electron chi connectivity index (χ0n) is 42.6. The van der Waals surface area contributed by atoms with Gasteiger partial charge in [-0.15, -0.1) is 0 Å². The number of fused-ring (bicyclic) bond motifs is 9. The standard InChI is InChI=1S/C74H52N2O/c1-49-16-14-21-58(46-49)76-70-28-12-9-23-64(70)67-47-59(43-45-71(67)76)75(57-40-34-53(35-41-57)51-19-6-3-7-20-51)60-42-44-63-62-22-8-11-27-68(62)74(69(63)48-60,55-36-30-52(31-37-55)50-17-4-2-5-18-50)56-38-32-54(33-39-56)61-25-15-26-66-65-24-10-13-29-72(65)77-73(61)66/h2-45,47-49H,46H2,1H3. The fraction of sp³-hybridized carbons (Fsp3) is 0.0541. The highest BCUT2D eigenvalue weighted by Crippen LogP contribution is 2.58. The highest BCUT2D eigenvalue weighted by Gasteiger charge is 2.46. The van der Waals surface area contributed by atoms with Crippen LogP contribution in [-0.2, 0) is 5.41 Å². The predicted molar refractivity (Wildman–Crippen MR) is 322 cm³/mol. The van der Waals surface area contributed by atoms with Crippen LogP contribution in [0.5, 0.6) is 0 Å². The van der Waals surface area contributed by atoms with E-state index in [9.17, 15) is 0 Å². The molecule has 2 unspecified atom stereocenters. The van der Waals surface area contributed by atoms with Crippen LogP contribution >= 0.6 is 0 Å². The third kappa shape index (κ3) is 7.19. The molecule has 3 heteroatoms. The molecule has 2 aromatic heterocycles. The Morgan fingerprint density at radius 3 is 1.70 bits per heavy atom. The van der Waals surface area contributed by atoms with Gasteiger partial charge in [0.2, 0.25) is 0 Å². The number of para-hydroxylation sites is 3. The van der Waals surface area contributed by atoms with Crippen molar-refractivity contribution < 1.29 is 4.42 Å². The largest absolute Gasteiger partial charge is 0.455 e. The summed E-state index contributed by atoms with van der Waals surface area (Å²) in [5, 5.41) is 4.73. The van der Waals surface area contributed by atoms with Gasteiger partial charge in [-0.2, -0.15) is 0 Å². The normalized spacial score (nSPS) is 15.8. The van der Waals surface area contributed by atoms with Crippen molar-refractivity contribution in [2.75, 3.05) is 4.90 Å². The van der Waals surface area contributed by atoms with Crippen molar-refractivity contribution in [1.29, 1.82) is 0 Å². The number of hydrogen-bond acceptors (Lipinski definition) is 2. The molecule has 0 N–H and O–H groups in total. The molecule has 0 aliphatic heterocycles. The summed E-state index contributed by atoms with van der Waals surface area (Å²) < 4.78 is 9.09. The molecule has 13 aromatic rings. The second-order valence-electron chi connectivity index (χ2n) is 20.9. The molecule has 0 saturated carbocycles. The summed E-state index contributed by atoms with van der Waals surface area (Å²) in [5.41, 5.74) is 22.5. The van der Waals surface area contributed by atoms with E-state index in [1.54, 1.807) is 0 Å². The van der Waals surface area contributed by atoms with Gasteiger partial charge >= 0.3 is 0 Å². The van der Waals surface area contributed by atoms with Gasteiger partial charge in [-0.05, 0) is 134 Å². The lowest BCUT2D eigenvalue weighted by Crippen LogP contribution is -2.28. The molecule has 2 heterocycles. The van der Waals surface area contributed by atoms with E-state index in [4.69, 9.17) is 4.42 Å². The van der Waals surface area contributed by atoms with Crippen molar-refractivity contribution in [3.05, 3.63) is 301 Å². The monoisotopic (exact) mass is 984 g/mol. The first-order valence-corrected chi connectivity index (χ1v) is 26.9. The Morgan fingerprint density at radius 2 is 0.961 bits per heavy atom. The second kappa shape index (κ2) is 18.0. The number of anilines is 3. The number of benzene rings is 11. The minimum atomic E-state index is -0.680. The van der Waals surface area contributed by atoms with Crippen molar-refractivity contribution in [3.63, 3.8) is 0 Å². The fourth-order valence-electron chi connectivity index (χ4n) is 12.9. The van der Waals surface area contributed by atoms with Crippen LogP contribution in [-0.4, -0.2) is 4.57 Å². The van der Waals surface area contributed by atoms with Gasteiger partial charge in [-0.25, -0.2) is 0 Å². The first kappa shape index (κ1) is 44.8. The van der Waals surface area contributed by atoms with Crippen LogP contribution in [0.3, 0.4) is 0 Å². The molecule has 0 amide bonds. The average molecular weight is 985 g/mol. The first-order valence-electron chi connectivity index (χ1n) is 26.9. The molecule has 0 fully saturated rings. The van der Waals surface area contributed by atoms with E-state index in [2.05, 4.69) is 289 Å². The maximum atomic E-state index is 6.60. The summed E-state index contributed by atoms with van der Waals surface area (Å²) in [4.78, 5) is 2.47. The highest BCUT2D eigenvalue weighted by atomic mass is 16.3. The molecule has 0 saturated heterocycles. The van der Waals surface area contributed by atoms with Crippen molar-refractivity contribution in [1.82, 2.24) is 4.57 Å². The van der Waals surface area contributed by atoms with E-state index >= 15 is 0 Å². The molecule has 11 aromatic carbocycles. The smallest absolute Gasteiger partial charge is 0.143 e. The van der Waals surface area contributed by atoms with Gasteiger partial charge in [0.05, 0.1) is 16.4 Å². The van der Waals surface area contributed by atoms with Gasteiger partial charge in [-0.1, -0.05) is 225 Å². The zero-order valence-corrected chi connectivity index (χ0v) is 42.6. The third-order valence-electron chi connectivity index (χ3n) is 16.4. The van der Waals surface area contributed by atoms with Crippen LogP contribution in [0.2, 0.25) is 0 Å². The van der Waals surface area contributed by atoms with Crippen LogP contribution in [0.1, 0.15) is 35.6 Å². The Hall–Kier alpha value is -9.70. The van der Waals surface area contributed by atoms with Crippen LogP contribution in [0.25, 0.3) is 93.9 Å². The summed E-state index contributed by atoms with van der Waals surface area (Å²) in [5.74, 6) is 0.468. The van der Waals surface area contributed by atoms with Crippen molar-refractivity contribution in [2.24, 2.45) is 5.92 Å². The number of aromatic nitrogens is 1. The minimum Gasteiger partial charge on any atom is -0.455 e. The fourth-order valence-corrected chi connectivity index (χ4v) is 12.9. The maximum Gasteiger partial charge on any atom is 0.143 e. The predicted octanol–water partition coefficient (Wildman–Crippen LogP) is 20.0. The summed E-state index contributed by atoms with van der Waals surface area (Å²) in [6.07, 6.45) is 7.80. The lowest BCUT2D eigenvalue weighted by atomic mass is 9.67. The molecule has 15 rings (SSSR count). The number of furan rings is 1. The van der Waals surface area contributed by atoms with Gasteiger partial charge in [0.25, 0.3) is 0 Å². The van der Waals surface area contributed by atoms with Gasteiger partial charge in [-0.3, -0.25) is 0 Å². The van der Waals surface area contributed by atoms with E-state index in [1.165, 1.54) is 83.1 Å². The lowest BCUT2D eigenvalue weighted by Gasteiger charge is -2.35. The molecule has 2 aliphatic rings. The first-order chi connectivity index (χ1) is 38.1. The Labute approximate surface area is 448 Å². The molecule has 2 aliphatic carbocycles. The Morgan fingerprint density at radius 1 is 0.416 bits per heavy atom. The van der Waals surface area contributed by atoms with Gasteiger partial charge in [0, 0.05) is 49.9 Å². The zero-order chi connectivity index (χ0) is 51.0. The van der Waals surface area contributed by atoms with Crippen LogP contribution in [0, 0.1) is 5.92 Å². The Balaban J connectivity index is 0.949. The SMILES string of the molecule is CC1C=CC=C(n2c3ccccc3c3cc(N(c4ccc(-c5ccccc5)cc4)c4ccc5c(c4)C(c4ccc(-c6ccccc6)cc4)(c4ccc(-c6cccc7c6oc6ccccc67)cc4)c4ccccc4-5)ccc32)C1. The average Bonchev–Trinajstić information content (AvgIpc) is 4.35. The Kier molecular flexibility index (Phi) is 10.5. The number of allylic oxidation sites excluding steroid dienone is 4. The van der Waals surface area contributed by atoms with Crippen LogP contribution < -0.4 is 4.90 Å². The summed E-state index contributed by atoms with van der Waals surface area (Å²) in [6.45, 7) is 2.30. The molecule has 364 valence electrons. The molecular weight excluding hydrogens is 933 g/mol. The minimum absolute atomic E-state index is 0.468. The topological polar surface area (TPSA) is 21.3 Å². The third-order valence-corrected chi connectivity index (χ3v) is 16.4. The molecular formula is C74H52N2O. The van der Waals surface area contributed by atoms with Gasteiger partial charge in [0.15, 0.2) is 0 Å². The molecule has 0 radical (unpaired) electrons. The van der Waals surface area contributed by atoms with Crippen molar-refractivity contribution in [2.45, 2.75) is 18.8 Å². The lowest BCUT2D eigenvalue weighted by molar-refractivity contribution is 0.670. The molecule has 3 nitrogen and oxygen atoms in total. The second-order valence-corrected chi connectivity index (χ2v) is 20.9. The number of nitrogens with zero attached hydrogens (tertiary/aromatic N) is 2.